The summed E-state index contributed by atoms with van der Waals surface area (Å²) >= 11 is 6.59. The van der Waals surface area contributed by atoms with Crippen LogP contribution in [0, 0.1) is 17.8 Å². The Balaban J connectivity index is 1.17. The highest BCUT2D eigenvalue weighted by molar-refractivity contribution is 6.34. The molecule has 0 radical (unpaired) electrons. The van der Waals surface area contributed by atoms with Gasteiger partial charge in [0.1, 0.15) is 5.69 Å². The largest absolute Gasteiger partial charge is 0.392 e. The number of nitrogens with one attached hydrogen (secondary N) is 1. The third kappa shape index (κ3) is 4.95. The Labute approximate surface area is 232 Å². The highest BCUT2D eigenvalue weighted by atomic mass is 35.5. The number of anilines is 1. The van der Waals surface area contributed by atoms with Crippen molar-refractivity contribution in [1.82, 2.24) is 14.8 Å². The average molecular weight is 549 g/mol. The molecule has 4 N–H and O–H groups in total. The van der Waals surface area contributed by atoms with Crippen molar-refractivity contribution in [2.24, 2.45) is 28.5 Å². The number of primary amides is 1. The van der Waals surface area contributed by atoms with Gasteiger partial charge in [-0.05, 0) is 42.9 Å². The van der Waals surface area contributed by atoms with E-state index >= 15 is 0 Å². The van der Waals surface area contributed by atoms with E-state index in [0.717, 1.165) is 36.5 Å². The highest BCUT2D eigenvalue weighted by Crippen LogP contribution is 2.47. The number of fused-ring (bicyclic) bond motifs is 3. The molecular weight excluding hydrogens is 516 g/mol. The maximum absolute atomic E-state index is 13.1. The molecule has 10 heteroatoms. The number of benzene rings is 1. The van der Waals surface area contributed by atoms with Gasteiger partial charge in [-0.25, -0.2) is 4.99 Å². The van der Waals surface area contributed by atoms with Gasteiger partial charge in [-0.1, -0.05) is 35.9 Å². The van der Waals surface area contributed by atoms with Crippen molar-refractivity contribution in [2.75, 3.05) is 38.0 Å². The zero-order valence-corrected chi connectivity index (χ0v) is 22.6. The maximum Gasteiger partial charge on any atom is 0.253 e. The Morgan fingerprint density at radius 3 is 2.56 bits per heavy atom. The molecule has 2 aliphatic carbocycles. The molecule has 0 spiro atoms. The molecular formula is C29H33ClN6O3. The minimum Gasteiger partial charge on any atom is -0.392 e. The van der Waals surface area contributed by atoms with Gasteiger partial charge in [0, 0.05) is 56.9 Å². The van der Waals surface area contributed by atoms with E-state index in [9.17, 15) is 14.7 Å². The number of aliphatic imine (C=N–C) groups is 1. The van der Waals surface area contributed by atoms with Gasteiger partial charge in [0.25, 0.3) is 5.91 Å². The molecule has 2 aliphatic heterocycles. The summed E-state index contributed by atoms with van der Waals surface area (Å²) in [7, 11) is 0. The summed E-state index contributed by atoms with van der Waals surface area (Å²) in [6, 6.07) is 7.44. The molecule has 204 valence electrons. The highest BCUT2D eigenvalue weighted by Gasteiger charge is 2.48. The number of β-amino-alcohol motifs (C(OH)–C–C–N with tert-alkyl or cyclic N) is 1. The molecule has 39 heavy (non-hydrogen) atoms. The number of hydrogen-bond acceptors (Lipinski definition) is 7. The Hall–Kier alpha value is -3.27. The van der Waals surface area contributed by atoms with Crippen LogP contribution in [0.1, 0.15) is 35.0 Å². The zero-order chi connectivity index (χ0) is 27.3. The van der Waals surface area contributed by atoms with Crippen LogP contribution in [-0.4, -0.2) is 82.3 Å². The summed E-state index contributed by atoms with van der Waals surface area (Å²) in [5, 5.41) is 13.6. The number of pyridine rings is 1. The third-order valence-corrected chi connectivity index (χ3v) is 8.70. The molecule has 1 aromatic carbocycles. The lowest BCUT2D eigenvalue weighted by Gasteiger charge is -2.35. The van der Waals surface area contributed by atoms with E-state index in [1.165, 1.54) is 0 Å². The first-order valence-electron chi connectivity index (χ1n) is 13.6. The van der Waals surface area contributed by atoms with Gasteiger partial charge in [0.05, 0.1) is 34.1 Å². The number of aliphatic hydroxyl groups excluding tert-OH is 1. The van der Waals surface area contributed by atoms with Gasteiger partial charge < -0.3 is 21.1 Å². The smallest absolute Gasteiger partial charge is 0.253 e. The van der Waals surface area contributed by atoms with Gasteiger partial charge in [0.2, 0.25) is 5.91 Å². The second kappa shape index (κ2) is 10.4. The molecule has 2 fully saturated rings. The van der Waals surface area contributed by atoms with Crippen molar-refractivity contribution in [3.05, 3.63) is 64.5 Å². The van der Waals surface area contributed by atoms with Crippen LogP contribution >= 0.6 is 11.6 Å². The molecule has 1 saturated heterocycles. The number of carbonyl (C=O) groups is 2. The summed E-state index contributed by atoms with van der Waals surface area (Å²) < 4.78 is 0. The molecule has 2 aromatic rings. The SMILES string of the molecule is CC(O)CN1CCN(C(=O)c2ccc(C3=Nc4c(ncc(Cl)c4N[C@H]4[C@@H](C(N)=O)[C@@H]5C=C[C@H]4C5)C3)cc2)CC1. The molecule has 9 nitrogen and oxygen atoms in total. The summed E-state index contributed by atoms with van der Waals surface area (Å²) in [5.41, 5.74) is 10.4. The molecule has 3 heterocycles. The second-order valence-corrected chi connectivity index (χ2v) is 11.5. The number of nitrogens with zero attached hydrogens (tertiary/aromatic N) is 4. The fourth-order valence-electron chi connectivity index (χ4n) is 6.47. The van der Waals surface area contributed by atoms with Gasteiger partial charge in [-0.15, -0.1) is 0 Å². The Morgan fingerprint density at radius 2 is 1.87 bits per heavy atom. The molecule has 5 atom stereocenters. The predicted molar refractivity (Wildman–Crippen MR) is 150 cm³/mol. The lowest BCUT2D eigenvalue weighted by molar-refractivity contribution is -0.122. The van der Waals surface area contributed by atoms with Crippen LogP contribution < -0.4 is 11.1 Å². The van der Waals surface area contributed by atoms with Crippen LogP contribution in [0.15, 0.2) is 47.6 Å². The number of amides is 2. The molecule has 6 rings (SSSR count). The molecule has 1 unspecified atom stereocenters. The summed E-state index contributed by atoms with van der Waals surface area (Å²) in [5.74, 6) is -0.183. The van der Waals surface area contributed by atoms with Gasteiger partial charge >= 0.3 is 0 Å². The number of hydrogen-bond donors (Lipinski definition) is 3. The molecule has 2 bridgehead atoms. The van der Waals surface area contributed by atoms with Crippen LogP contribution in [0.3, 0.4) is 0 Å². The van der Waals surface area contributed by atoms with E-state index in [1.807, 2.05) is 29.2 Å². The standard InChI is InChI=1S/C29H33ClN6O3/c1-16(37)15-35-8-10-36(11-9-35)29(39)18-4-2-17(3-5-18)22-13-23-27(33-22)26(21(30)14-32-23)34-25-20-7-6-19(12-20)24(25)28(31)38/h2-7,14,16,19-20,24-25,37H,8-13,15H2,1H3,(H2,31,38)(H,32,34)/t16?,19-,20+,24+,25-/m1/s1. The fraction of sp³-hybridized carbons (Fsp3) is 0.448. The maximum atomic E-state index is 13.1. The van der Waals surface area contributed by atoms with E-state index in [-0.39, 0.29) is 41.7 Å². The number of aliphatic hydroxyl groups is 1. The Bertz CT molecular complexity index is 1350. The van der Waals surface area contributed by atoms with Crippen molar-refractivity contribution in [3.8, 4) is 0 Å². The van der Waals surface area contributed by atoms with E-state index in [1.54, 1.807) is 13.1 Å². The fourth-order valence-corrected chi connectivity index (χ4v) is 6.67. The van der Waals surface area contributed by atoms with E-state index in [0.29, 0.717) is 48.0 Å². The topological polar surface area (TPSA) is 124 Å². The monoisotopic (exact) mass is 548 g/mol. The minimum absolute atomic E-state index is 0.0127. The van der Waals surface area contributed by atoms with Gasteiger partial charge in [0.15, 0.2) is 0 Å². The van der Waals surface area contributed by atoms with E-state index in [4.69, 9.17) is 22.3 Å². The van der Waals surface area contributed by atoms with Crippen LogP contribution in [0.5, 0.6) is 0 Å². The summed E-state index contributed by atoms with van der Waals surface area (Å²) in [6.45, 7) is 5.22. The van der Waals surface area contributed by atoms with Crippen LogP contribution in [0.4, 0.5) is 11.4 Å². The quantitative estimate of drug-likeness (QED) is 0.457. The number of allylic oxidation sites excluding steroid dienone is 1. The minimum atomic E-state index is -0.371. The first-order valence-corrected chi connectivity index (χ1v) is 14.0. The van der Waals surface area contributed by atoms with Crippen molar-refractivity contribution >= 4 is 40.5 Å². The number of nitrogens with two attached hydrogens (primary N) is 1. The summed E-state index contributed by atoms with van der Waals surface area (Å²) in [4.78, 5) is 38.8. The van der Waals surface area contributed by atoms with Crippen LogP contribution in [0.2, 0.25) is 5.02 Å². The number of carbonyl (C=O) groups excluding carboxylic acids is 2. The average Bonchev–Trinajstić information content (AvgIpc) is 3.65. The number of piperazine rings is 1. The molecule has 1 saturated carbocycles. The lowest BCUT2D eigenvalue weighted by Crippen LogP contribution is -2.50. The Kier molecular flexibility index (Phi) is 6.91. The Morgan fingerprint density at radius 1 is 1.15 bits per heavy atom. The van der Waals surface area contributed by atoms with Crippen LogP contribution in [0.25, 0.3) is 0 Å². The lowest BCUT2D eigenvalue weighted by atomic mass is 9.88. The third-order valence-electron chi connectivity index (χ3n) is 8.41. The molecule has 4 aliphatic rings. The zero-order valence-electron chi connectivity index (χ0n) is 21.9. The number of rotatable bonds is 7. The van der Waals surface area contributed by atoms with Crippen molar-refractivity contribution in [3.63, 3.8) is 0 Å². The van der Waals surface area contributed by atoms with Crippen molar-refractivity contribution < 1.29 is 14.7 Å². The summed E-state index contributed by atoms with van der Waals surface area (Å²) in [6.07, 6.45) is 6.97. The van der Waals surface area contributed by atoms with E-state index < -0.39 is 0 Å². The van der Waals surface area contributed by atoms with Gasteiger partial charge in [-0.3, -0.25) is 19.5 Å². The molecule has 2 amide bonds. The second-order valence-electron chi connectivity index (χ2n) is 11.1. The normalized spacial score (nSPS) is 26.4. The predicted octanol–water partition coefficient (Wildman–Crippen LogP) is 2.64. The van der Waals surface area contributed by atoms with Crippen LogP contribution in [-0.2, 0) is 11.2 Å². The first kappa shape index (κ1) is 26.0. The number of halogens is 1. The van der Waals surface area contributed by atoms with Gasteiger partial charge in [-0.2, -0.15) is 0 Å². The van der Waals surface area contributed by atoms with Crippen molar-refractivity contribution in [1.29, 1.82) is 0 Å². The molecule has 1 aromatic heterocycles. The van der Waals surface area contributed by atoms with Crippen molar-refractivity contribution in [2.45, 2.75) is 31.9 Å². The first-order chi connectivity index (χ1) is 18.8. The number of aromatic nitrogens is 1. The van der Waals surface area contributed by atoms with E-state index in [2.05, 4.69) is 27.4 Å².